The maximum absolute atomic E-state index is 5.83. The Morgan fingerprint density at radius 2 is 2.14 bits per heavy atom. The average Bonchev–Trinajstić information content (AvgIpc) is 2.52. The second-order valence-corrected chi connectivity index (χ2v) is 5.00. The van der Waals surface area contributed by atoms with Crippen LogP contribution in [0.25, 0.3) is 0 Å². The van der Waals surface area contributed by atoms with Crippen molar-refractivity contribution in [3.8, 4) is 0 Å². The van der Waals surface area contributed by atoms with E-state index in [1.165, 1.54) is 32.4 Å². The SMILES string of the molecule is CCCC1CCN(C(C)CC(C)N)C1. The van der Waals surface area contributed by atoms with Gasteiger partial charge in [0.2, 0.25) is 0 Å². The Morgan fingerprint density at radius 3 is 2.71 bits per heavy atom. The summed E-state index contributed by atoms with van der Waals surface area (Å²) in [4.78, 5) is 2.61. The molecule has 1 saturated heterocycles. The molecule has 1 rings (SSSR count). The zero-order valence-electron chi connectivity index (χ0n) is 10.00. The van der Waals surface area contributed by atoms with Gasteiger partial charge in [-0.1, -0.05) is 13.3 Å². The lowest BCUT2D eigenvalue weighted by Crippen LogP contribution is -2.35. The molecule has 3 atom stereocenters. The maximum Gasteiger partial charge on any atom is 0.00816 e. The molecule has 84 valence electrons. The summed E-state index contributed by atoms with van der Waals surface area (Å²) in [6.45, 7) is 9.31. The lowest BCUT2D eigenvalue weighted by atomic mass is 10.0. The van der Waals surface area contributed by atoms with E-state index in [-0.39, 0.29) is 0 Å². The van der Waals surface area contributed by atoms with Crippen molar-refractivity contribution in [2.24, 2.45) is 11.7 Å². The van der Waals surface area contributed by atoms with Gasteiger partial charge in [0.05, 0.1) is 0 Å². The van der Waals surface area contributed by atoms with Gasteiger partial charge in [-0.25, -0.2) is 0 Å². The standard InChI is InChI=1S/C12H26N2/c1-4-5-12-6-7-14(9-12)11(3)8-10(2)13/h10-12H,4-9,13H2,1-3H3. The Morgan fingerprint density at radius 1 is 1.43 bits per heavy atom. The predicted molar refractivity (Wildman–Crippen MR) is 62.3 cm³/mol. The lowest BCUT2D eigenvalue weighted by molar-refractivity contribution is 0.228. The number of likely N-dealkylation sites (tertiary alicyclic amines) is 1. The quantitative estimate of drug-likeness (QED) is 0.734. The van der Waals surface area contributed by atoms with Crippen LogP contribution >= 0.6 is 0 Å². The summed E-state index contributed by atoms with van der Waals surface area (Å²) < 4.78 is 0. The smallest absolute Gasteiger partial charge is 0.00816 e. The highest BCUT2D eigenvalue weighted by molar-refractivity contribution is 4.80. The summed E-state index contributed by atoms with van der Waals surface area (Å²) in [5.74, 6) is 0.954. The minimum absolute atomic E-state index is 0.343. The minimum atomic E-state index is 0.343. The Kier molecular flexibility index (Phi) is 4.90. The van der Waals surface area contributed by atoms with Crippen LogP contribution in [0.1, 0.15) is 46.5 Å². The van der Waals surface area contributed by atoms with Crippen molar-refractivity contribution in [2.75, 3.05) is 13.1 Å². The van der Waals surface area contributed by atoms with Gasteiger partial charge in [-0.3, -0.25) is 0 Å². The third-order valence-electron chi connectivity index (χ3n) is 3.35. The van der Waals surface area contributed by atoms with Gasteiger partial charge in [0.15, 0.2) is 0 Å². The van der Waals surface area contributed by atoms with E-state index < -0.39 is 0 Å². The van der Waals surface area contributed by atoms with Gasteiger partial charge in [0.25, 0.3) is 0 Å². The zero-order chi connectivity index (χ0) is 10.6. The lowest BCUT2D eigenvalue weighted by Gasteiger charge is -2.25. The van der Waals surface area contributed by atoms with Crippen molar-refractivity contribution in [3.63, 3.8) is 0 Å². The van der Waals surface area contributed by atoms with E-state index in [4.69, 9.17) is 5.73 Å². The molecule has 1 fully saturated rings. The fourth-order valence-electron chi connectivity index (χ4n) is 2.59. The summed E-state index contributed by atoms with van der Waals surface area (Å²) >= 11 is 0. The molecule has 1 heterocycles. The molecule has 2 nitrogen and oxygen atoms in total. The number of nitrogens with zero attached hydrogens (tertiary/aromatic N) is 1. The Hall–Kier alpha value is -0.0800. The molecule has 2 heteroatoms. The Balaban J connectivity index is 2.26. The van der Waals surface area contributed by atoms with E-state index >= 15 is 0 Å². The van der Waals surface area contributed by atoms with Crippen LogP contribution in [0.5, 0.6) is 0 Å². The molecule has 0 aliphatic carbocycles. The van der Waals surface area contributed by atoms with Gasteiger partial charge in [0.1, 0.15) is 0 Å². The van der Waals surface area contributed by atoms with Gasteiger partial charge >= 0.3 is 0 Å². The van der Waals surface area contributed by atoms with Crippen molar-refractivity contribution in [3.05, 3.63) is 0 Å². The number of rotatable bonds is 5. The van der Waals surface area contributed by atoms with Crippen LogP contribution in [0.15, 0.2) is 0 Å². The zero-order valence-corrected chi connectivity index (χ0v) is 10.00. The van der Waals surface area contributed by atoms with Gasteiger partial charge < -0.3 is 10.6 Å². The third-order valence-corrected chi connectivity index (χ3v) is 3.35. The molecule has 0 aromatic rings. The van der Waals surface area contributed by atoms with Gasteiger partial charge in [-0.15, -0.1) is 0 Å². The predicted octanol–water partition coefficient (Wildman–Crippen LogP) is 2.23. The molecule has 1 aliphatic heterocycles. The van der Waals surface area contributed by atoms with Crippen molar-refractivity contribution >= 4 is 0 Å². The molecule has 2 N–H and O–H groups in total. The fraction of sp³-hybridized carbons (Fsp3) is 1.00. The van der Waals surface area contributed by atoms with Crippen LogP contribution in [0, 0.1) is 5.92 Å². The van der Waals surface area contributed by atoms with Gasteiger partial charge in [-0.2, -0.15) is 0 Å². The molecule has 3 unspecified atom stereocenters. The summed E-state index contributed by atoms with van der Waals surface area (Å²) in [5.41, 5.74) is 5.83. The molecular formula is C12H26N2. The van der Waals surface area contributed by atoms with E-state index in [2.05, 4.69) is 25.7 Å². The maximum atomic E-state index is 5.83. The molecule has 1 aliphatic rings. The number of hydrogen-bond donors (Lipinski definition) is 1. The monoisotopic (exact) mass is 198 g/mol. The first kappa shape index (κ1) is 12.0. The van der Waals surface area contributed by atoms with Gasteiger partial charge in [-0.05, 0) is 45.6 Å². The van der Waals surface area contributed by atoms with E-state index in [0.717, 1.165) is 12.3 Å². The summed E-state index contributed by atoms with van der Waals surface area (Å²) in [7, 11) is 0. The minimum Gasteiger partial charge on any atom is -0.328 e. The van der Waals surface area contributed by atoms with Crippen LogP contribution < -0.4 is 5.73 Å². The normalized spacial score (nSPS) is 27.9. The van der Waals surface area contributed by atoms with E-state index in [0.29, 0.717) is 12.1 Å². The first-order valence-corrected chi connectivity index (χ1v) is 6.13. The van der Waals surface area contributed by atoms with Crippen molar-refractivity contribution < 1.29 is 0 Å². The topological polar surface area (TPSA) is 29.3 Å². The molecule has 0 saturated carbocycles. The molecule has 0 bridgehead atoms. The molecule has 0 spiro atoms. The third kappa shape index (κ3) is 3.58. The first-order chi connectivity index (χ1) is 6.63. The Labute approximate surface area is 88.8 Å². The molecule has 0 aromatic carbocycles. The van der Waals surface area contributed by atoms with E-state index in [1.807, 2.05) is 0 Å². The molecule has 0 aromatic heterocycles. The highest BCUT2D eigenvalue weighted by atomic mass is 15.2. The highest BCUT2D eigenvalue weighted by Crippen LogP contribution is 2.23. The van der Waals surface area contributed by atoms with Crippen molar-refractivity contribution in [1.82, 2.24) is 4.90 Å². The van der Waals surface area contributed by atoms with Crippen LogP contribution in [0.2, 0.25) is 0 Å². The van der Waals surface area contributed by atoms with Crippen LogP contribution in [-0.4, -0.2) is 30.1 Å². The molecular weight excluding hydrogens is 172 g/mol. The number of nitrogens with two attached hydrogens (primary N) is 1. The summed E-state index contributed by atoms with van der Waals surface area (Å²) in [6.07, 6.45) is 5.28. The van der Waals surface area contributed by atoms with Gasteiger partial charge in [0, 0.05) is 18.6 Å². The first-order valence-electron chi connectivity index (χ1n) is 6.13. The highest BCUT2D eigenvalue weighted by Gasteiger charge is 2.25. The molecule has 0 radical (unpaired) electrons. The summed E-state index contributed by atoms with van der Waals surface area (Å²) in [6, 6.07) is 1.02. The summed E-state index contributed by atoms with van der Waals surface area (Å²) in [5, 5.41) is 0. The fourth-order valence-corrected chi connectivity index (χ4v) is 2.59. The van der Waals surface area contributed by atoms with Crippen LogP contribution in [-0.2, 0) is 0 Å². The van der Waals surface area contributed by atoms with E-state index in [9.17, 15) is 0 Å². The largest absolute Gasteiger partial charge is 0.328 e. The Bertz CT molecular complexity index is 156. The number of hydrogen-bond acceptors (Lipinski definition) is 2. The second kappa shape index (κ2) is 5.72. The molecule has 0 amide bonds. The average molecular weight is 198 g/mol. The second-order valence-electron chi connectivity index (χ2n) is 5.00. The molecule has 14 heavy (non-hydrogen) atoms. The van der Waals surface area contributed by atoms with Crippen LogP contribution in [0.4, 0.5) is 0 Å². The van der Waals surface area contributed by atoms with E-state index in [1.54, 1.807) is 0 Å². The van der Waals surface area contributed by atoms with Crippen molar-refractivity contribution in [2.45, 2.75) is 58.5 Å². The van der Waals surface area contributed by atoms with Crippen LogP contribution in [0.3, 0.4) is 0 Å². The van der Waals surface area contributed by atoms with Crippen molar-refractivity contribution in [1.29, 1.82) is 0 Å².